The number of ether oxygens (including phenoxy) is 1. The van der Waals surface area contributed by atoms with Crippen molar-refractivity contribution < 1.29 is 14.3 Å². The minimum Gasteiger partial charge on any atom is -0.363 e. The second-order valence-electron chi connectivity index (χ2n) is 5.67. The fraction of sp³-hybridized carbons (Fsp3) is 0.467. The highest BCUT2D eigenvalue weighted by atomic mass is 16.5. The zero-order valence-corrected chi connectivity index (χ0v) is 12.6. The summed E-state index contributed by atoms with van der Waals surface area (Å²) < 4.78 is 5.56. The number of rotatable bonds is 5. The number of benzene rings is 1. The molecule has 1 aromatic carbocycles. The third-order valence-corrected chi connectivity index (χ3v) is 3.37. The third kappa shape index (κ3) is 4.03. The maximum Gasteiger partial charge on any atom is 0.253 e. The second-order valence-corrected chi connectivity index (χ2v) is 5.67. The van der Waals surface area contributed by atoms with Crippen molar-refractivity contribution in [3.05, 3.63) is 29.8 Å². The van der Waals surface area contributed by atoms with E-state index in [-0.39, 0.29) is 24.0 Å². The Balaban J connectivity index is 1.85. The van der Waals surface area contributed by atoms with E-state index in [0.29, 0.717) is 11.3 Å². The molecule has 1 aliphatic rings. The van der Waals surface area contributed by atoms with Crippen LogP contribution in [0.5, 0.6) is 0 Å². The van der Waals surface area contributed by atoms with Gasteiger partial charge in [-0.15, -0.1) is 0 Å². The number of hydrogen-bond acceptors (Lipinski definition) is 4. The standard InChI is InChI=1S/C15H21N3O3/c1-15(9-16-10-15)21-8-13(19)17-12-6-4-11(5-7-12)14(20)18(2)3/h4-7,16H,8-10H2,1-3H3,(H,17,19). The summed E-state index contributed by atoms with van der Waals surface area (Å²) in [6.45, 7) is 3.53. The Hall–Kier alpha value is -1.92. The molecule has 0 bridgehead atoms. The van der Waals surface area contributed by atoms with Gasteiger partial charge in [-0.05, 0) is 31.2 Å². The summed E-state index contributed by atoms with van der Waals surface area (Å²) in [5.41, 5.74) is 0.998. The van der Waals surface area contributed by atoms with E-state index in [2.05, 4.69) is 10.6 Å². The first-order valence-electron chi connectivity index (χ1n) is 6.86. The summed E-state index contributed by atoms with van der Waals surface area (Å²) in [6, 6.07) is 6.80. The van der Waals surface area contributed by atoms with Crippen LogP contribution in [0.1, 0.15) is 17.3 Å². The van der Waals surface area contributed by atoms with Crippen LogP contribution in [0.15, 0.2) is 24.3 Å². The number of carbonyl (C=O) groups excluding carboxylic acids is 2. The highest BCUT2D eigenvalue weighted by molar-refractivity contribution is 5.95. The summed E-state index contributed by atoms with van der Waals surface area (Å²) in [5, 5.41) is 5.86. The Morgan fingerprint density at radius 1 is 1.29 bits per heavy atom. The molecule has 0 aliphatic carbocycles. The van der Waals surface area contributed by atoms with Gasteiger partial charge in [0.2, 0.25) is 5.91 Å². The number of nitrogens with zero attached hydrogens (tertiary/aromatic N) is 1. The van der Waals surface area contributed by atoms with Crippen molar-refractivity contribution >= 4 is 17.5 Å². The van der Waals surface area contributed by atoms with Gasteiger partial charge in [0.15, 0.2) is 0 Å². The van der Waals surface area contributed by atoms with Crippen LogP contribution in [0, 0.1) is 0 Å². The second kappa shape index (κ2) is 6.24. The van der Waals surface area contributed by atoms with E-state index >= 15 is 0 Å². The molecule has 2 N–H and O–H groups in total. The zero-order chi connectivity index (χ0) is 15.5. The molecule has 0 unspecified atom stereocenters. The van der Waals surface area contributed by atoms with Crippen molar-refractivity contribution in [2.45, 2.75) is 12.5 Å². The maximum atomic E-state index is 11.8. The monoisotopic (exact) mass is 291 g/mol. The van der Waals surface area contributed by atoms with Crippen molar-refractivity contribution in [3.63, 3.8) is 0 Å². The lowest BCUT2D eigenvalue weighted by Crippen LogP contribution is -2.59. The zero-order valence-electron chi connectivity index (χ0n) is 12.6. The van der Waals surface area contributed by atoms with Gasteiger partial charge < -0.3 is 20.3 Å². The summed E-state index contributed by atoms with van der Waals surface area (Å²) in [5.74, 6) is -0.267. The van der Waals surface area contributed by atoms with Crippen molar-refractivity contribution in [2.24, 2.45) is 0 Å². The largest absolute Gasteiger partial charge is 0.363 e. The molecule has 2 amide bonds. The molecule has 1 heterocycles. The molecule has 2 rings (SSSR count). The van der Waals surface area contributed by atoms with E-state index in [4.69, 9.17) is 4.74 Å². The smallest absolute Gasteiger partial charge is 0.253 e. The van der Waals surface area contributed by atoms with Crippen molar-refractivity contribution in [2.75, 3.05) is 39.1 Å². The van der Waals surface area contributed by atoms with Crippen molar-refractivity contribution in [1.29, 1.82) is 0 Å². The molecular formula is C15H21N3O3. The Kier molecular flexibility index (Phi) is 4.59. The Morgan fingerprint density at radius 2 is 1.90 bits per heavy atom. The highest BCUT2D eigenvalue weighted by Gasteiger charge is 2.32. The van der Waals surface area contributed by atoms with Crippen LogP contribution >= 0.6 is 0 Å². The predicted molar refractivity (Wildman–Crippen MR) is 80.3 cm³/mol. The lowest BCUT2D eigenvalue weighted by atomic mass is 10.0. The van der Waals surface area contributed by atoms with Gasteiger partial charge in [-0.25, -0.2) is 0 Å². The molecule has 0 spiro atoms. The molecule has 0 saturated carbocycles. The van der Waals surface area contributed by atoms with Crippen LogP contribution in [0.25, 0.3) is 0 Å². The van der Waals surface area contributed by atoms with Gasteiger partial charge >= 0.3 is 0 Å². The van der Waals surface area contributed by atoms with Gasteiger partial charge in [0.25, 0.3) is 5.91 Å². The van der Waals surface area contributed by atoms with E-state index < -0.39 is 0 Å². The lowest BCUT2D eigenvalue weighted by Gasteiger charge is -2.38. The number of nitrogens with one attached hydrogen (secondary N) is 2. The fourth-order valence-corrected chi connectivity index (χ4v) is 1.97. The van der Waals surface area contributed by atoms with E-state index in [1.807, 2.05) is 6.92 Å². The maximum absolute atomic E-state index is 11.8. The van der Waals surface area contributed by atoms with Crippen LogP contribution in [0.3, 0.4) is 0 Å². The summed E-state index contributed by atoms with van der Waals surface area (Å²) in [4.78, 5) is 25.0. The van der Waals surface area contributed by atoms with Crippen LogP contribution in [0.2, 0.25) is 0 Å². The first kappa shape index (κ1) is 15.5. The molecule has 1 aromatic rings. The quantitative estimate of drug-likeness (QED) is 0.838. The summed E-state index contributed by atoms with van der Waals surface area (Å²) >= 11 is 0. The molecular weight excluding hydrogens is 270 g/mol. The Morgan fingerprint density at radius 3 is 2.38 bits per heavy atom. The number of hydrogen-bond donors (Lipinski definition) is 2. The van der Waals surface area contributed by atoms with E-state index in [0.717, 1.165) is 13.1 Å². The SMILES string of the molecule is CN(C)C(=O)c1ccc(NC(=O)COC2(C)CNC2)cc1. The van der Waals surface area contributed by atoms with Crippen LogP contribution < -0.4 is 10.6 Å². The topological polar surface area (TPSA) is 70.7 Å². The number of amides is 2. The van der Waals surface area contributed by atoms with Gasteiger partial charge in [-0.3, -0.25) is 9.59 Å². The molecule has 1 fully saturated rings. The molecule has 114 valence electrons. The first-order chi connectivity index (χ1) is 9.89. The number of carbonyl (C=O) groups is 2. The molecule has 0 atom stereocenters. The average molecular weight is 291 g/mol. The van der Waals surface area contributed by atoms with Crippen LogP contribution in [-0.2, 0) is 9.53 Å². The van der Waals surface area contributed by atoms with E-state index in [1.165, 1.54) is 4.90 Å². The minimum atomic E-state index is -0.237. The third-order valence-electron chi connectivity index (χ3n) is 3.37. The molecule has 6 nitrogen and oxygen atoms in total. The Bertz CT molecular complexity index is 521. The summed E-state index contributed by atoms with van der Waals surface area (Å²) in [7, 11) is 3.40. The van der Waals surface area contributed by atoms with Gasteiger partial charge in [0.05, 0.1) is 5.60 Å². The first-order valence-corrected chi connectivity index (χ1v) is 6.86. The van der Waals surface area contributed by atoms with Gasteiger partial charge in [0, 0.05) is 38.4 Å². The fourth-order valence-electron chi connectivity index (χ4n) is 1.97. The van der Waals surface area contributed by atoms with Crippen LogP contribution in [-0.4, -0.2) is 56.1 Å². The molecule has 0 radical (unpaired) electrons. The van der Waals surface area contributed by atoms with E-state index in [9.17, 15) is 9.59 Å². The molecule has 1 aliphatic heterocycles. The van der Waals surface area contributed by atoms with Gasteiger partial charge in [-0.2, -0.15) is 0 Å². The Labute approximate surface area is 124 Å². The normalized spacial score (nSPS) is 16.0. The van der Waals surface area contributed by atoms with Crippen molar-refractivity contribution in [3.8, 4) is 0 Å². The van der Waals surface area contributed by atoms with Crippen molar-refractivity contribution in [1.82, 2.24) is 10.2 Å². The summed E-state index contributed by atoms with van der Waals surface area (Å²) in [6.07, 6.45) is 0. The average Bonchev–Trinajstić information content (AvgIpc) is 2.43. The predicted octanol–water partition coefficient (Wildman–Crippen LogP) is 0.705. The minimum absolute atomic E-state index is 0.0244. The lowest BCUT2D eigenvalue weighted by molar-refractivity contribution is -0.130. The molecule has 21 heavy (non-hydrogen) atoms. The van der Waals surface area contributed by atoms with Gasteiger partial charge in [0.1, 0.15) is 6.61 Å². The van der Waals surface area contributed by atoms with Gasteiger partial charge in [-0.1, -0.05) is 0 Å². The van der Waals surface area contributed by atoms with E-state index in [1.54, 1.807) is 38.4 Å². The molecule has 1 saturated heterocycles. The molecule has 0 aromatic heterocycles. The molecule has 6 heteroatoms. The highest BCUT2D eigenvalue weighted by Crippen LogP contribution is 2.15. The van der Waals surface area contributed by atoms with Crippen LogP contribution in [0.4, 0.5) is 5.69 Å². The number of anilines is 1.